The Labute approximate surface area is 169 Å². The number of carbonyl (C=O) groups is 1. The zero-order valence-corrected chi connectivity index (χ0v) is 16.9. The van der Waals surface area contributed by atoms with Crippen molar-refractivity contribution in [3.63, 3.8) is 0 Å². The number of thiophene rings is 1. The van der Waals surface area contributed by atoms with Gasteiger partial charge in [-0.3, -0.25) is 4.79 Å². The van der Waals surface area contributed by atoms with Crippen molar-refractivity contribution in [2.24, 2.45) is 5.92 Å². The van der Waals surface area contributed by atoms with Crippen LogP contribution in [0.2, 0.25) is 0 Å². The van der Waals surface area contributed by atoms with Crippen molar-refractivity contribution < 1.29 is 4.79 Å². The highest BCUT2D eigenvalue weighted by atomic mass is 32.1. The number of Topliss-reactive ketones (excluding diaryl/α,β-unsaturated/α-hetero) is 1. The van der Waals surface area contributed by atoms with Gasteiger partial charge in [-0.2, -0.15) is 5.26 Å². The van der Waals surface area contributed by atoms with Crippen LogP contribution in [0.1, 0.15) is 44.2 Å². The Hall–Kier alpha value is -2.77. The summed E-state index contributed by atoms with van der Waals surface area (Å²) in [7, 11) is 0. The molecule has 1 aliphatic rings. The fourth-order valence-corrected chi connectivity index (χ4v) is 5.01. The second kappa shape index (κ2) is 7.00. The third-order valence-corrected chi connectivity index (χ3v) is 7.03. The third kappa shape index (κ3) is 3.16. The highest BCUT2D eigenvalue weighted by Crippen LogP contribution is 2.42. The Kier molecular flexibility index (Phi) is 4.64. The van der Waals surface area contributed by atoms with Crippen LogP contribution >= 0.6 is 11.3 Å². The average molecular weight is 387 g/mol. The summed E-state index contributed by atoms with van der Waals surface area (Å²) in [4.78, 5) is 12.7. The first-order valence-corrected chi connectivity index (χ1v) is 10.4. The number of nitriles is 1. The molecule has 3 nitrogen and oxygen atoms in total. The van der Waals surface area contributed by atoms with Gasteiger partial charge in [-0.15, -0.1) is 11.3 Å². The normalized spacial score (nSPS) is 22.8. The molecular weight excluding hydrogens is 364 g/mol. The molecule has 3 aromatic rings. The lowest BCUT2D eigenvalue weighted by atomic mass is 9.74. The minimum atomic E-state index is -0.286. The first-order valence-electron chi connectivity index (χ1n) is 9.53. The van der Waals surface area contributed by atoms with E-state index in [1.165, 1.54) is 10.1 Å². The Bertz CT molecular complexity index is 1140. The van der Waals surface area contributed by atoms with Crippen LogP contribution in [-0.4, -0.2) is 11.5 Å². The second-order valence-electron chi connectivity index (χ2n) is 8.01. The van der Waals surface area contributed by atoms with Crippen LogP contribution in [0.15, 0.2) is 47.8 Å². The van der Waals surface area contributed by atoms with Gasteiger partial charge in [0.1, 0.15) is 5.78 Å². The van der Waals surface area contributed by atoms with Gasteiger partial charge in [0.15, 0.2) is 0 Å². The molecular formula is C24H22N2OS. The Morgan fingerprint density at radius 2 is 2.07 bits per heavy atom. The maximum Gasteiger partial charge on any atom is 0.142 e. The predicted molar refractivity (Wildman–Crippen MR) is 115 cm³/mol. The summed E-state index contributed by atoms with van der Waals surface area (Å²) >= 11 is 1.70. The topological polar surface area (TPSA) is 64.7 Å². The number of nitrogens with zero attached hydrogens (tertiary/aromatic N) is 1. The van der Waals surface area contributed by atoms with Crippen LogP contribution in [0.4, 0.5) is 0 Å². The van der Waals surface area contributed by atoms with Gasteiger partial charge in [0.25, 0.3) is 0 Å². The first-order chi connectivity index (χ1) is 13.4. The lowest BCUT2D eigenvalue weighted by Gasteiger charge is -2.29. The van der Waals surface area contributed by atoms with Gasteiger partial charge in [-0.1, -0.05) is 26.0 Å². The second-order valence-corrected chi connectivity index (χ2v) is 8.92. The molecule has 1 fully saturated rings. The fourth-order valence-electron chi connectivity index (χ4n) is 4.09. The molecule has 1 aliphatic carbocycles. The van der Waals surface area contributed by atoms with E-state index in [0.717, 1.165) is 23.1 Å². The summed E-state index contributed by atoms with van der Waals surface area (Å²) in [6.07, 6.45) is 1.92. The fraction of sp³-hybridized carbons (Fsp3) is 0.292. The first kappa shape index (κ1) is 18.6. The largest absolute Gasteiger partial charge is 0.309 e. The number of benzene rings is 2. The van der Waals surface area contributed by atoms with E-state index in [1.54, 1.807) is 11.3 Å². The van der Waals surface area contributed by atoms with Crippen molar-refractivity contribution in [1.82, 2.24) is 0 Å². The van der Waals surface area contributed by atoms with E-state index >= 15 is 0 Å². The van der Waals surface area contributed by atoms with Gasteiger partial charge in [-0.25, -0.2) is 0 Å². The molecule has 1 N–H and O–H groups in total. The predicted octanol–water partition coefficient (Wildman–Crippen LogP) is 6.11. The van der Waals surface area contributed by atoms with E-state index in [0.29, 0.717) is 24.1 Å². The number of hydrogen-bond donors (Lipinski definition) is 1. The number of rotatable bonds is 2. The van der Waals surface area contributed by atoms with Crippen molar-refractivity contribution in [3.8, 4) is 17.2 Å². The maximum absolute atomic E-state index is 12.7. The van der Waals surface area contributed by atoms with Crippen LogP contribution in [-0.2, 0) is 10.2 Å². The molecule has 0 radical (unpaired) electrons. The summed E-state index contributed by atoms with van der Waals surface area (Å²) in [5, 5.41) is 20.7. The van der Waals surface area contributed by atoms with E-state index < -0.39 is 0 Å². The minimum absolute atomic E-state index is 0.156. The smallest absolute Gasteiger partial charge is 0.142 e. The van der Waals surface area contributed by atoms with Crippen molar-refractivity contribution in [1.29, 1.82) is 10.7 Å². The molecule has 1 aromatic heterocycles. The molecule has 0 spiro atoms. The lowest BCUT2D eigenvalue weighted by molar-refractivity contribution is -0.121. The van der Waals surface area contributed by atoms with Crippen LogP contribution in [0.3, 0.4) is 0 Å². The van der Waals surface area contributed by atoms with Gasteiger partial charge >= 0.3 is 0 Å². The Morgan fingerprint density at radius 3 is 2.86 bits per heavy atom. The molecule has 2 aromatic carbocycles. The molecule has 0 bridgehead atoms. The molecule has 0 amide bonds. The molecule has 2 atom stereocenters. The van der Waals surface area contributed by atoms with E-state index in [4.69, 9.17) is 5.41 Å². The number of ketones is 1. The summed E-state index contributed by atoms with van der Waals surface area (Å²) in [5.41, 5.74) is 4.19. The highest BCUT2D eigenvalue weighted by Gasteiger charge is 2.36. The molecule has 1 heterocycles. The van der Waals surface area contributed by atoms with E-state index in [1.807, 2.05) is 31.2 Å². The van der Waals surface area contributed by atoms with Gasteiger partial charge in [-0.05, 0) is 76.0 Å². The molecule has 1 unspecified atom stereocenters. The van der Waals surface area contributed by atoms with Crippen molar-refractivity contribution in [3.05, 3.63) is 59.0 Å². The quantitative estimate of drug-likeness (QED) is 0.540. The molecule has 4 heteroatoms. The van der Waals surface area contributed by atoms with Crippen molar-refractivity contribution >= 4 is 32.9 Å². The van der Waals surface area contributed by atoms with Crippen LogP contribution < -0.4 is 0 Å². The molecule has 0 aliphatic heterocycles. The van der Waals surface area contributed by atoms with Gasteiger partial charge in [0.2, 0.25) is 0 Å². The van der Waals surface area contributed by atoms with Gasteiger partial charge < -0.3 is 5.41 Å². The zero-order valence-electron chi connectivity index (χ0n) is 16.1. The molecule has 1 saturated carbocycles. The standard InChI is InChI=1S/C24H22N2OS/c1-15-21(26)6-8-24(2,13-22(15)27)19-11-18-7-9-28-23(18)20(12-19)17-5-3-4-16(10-17)14-25/h3-5,7,9-12,15,26H,6,8,13H2,1-2H3/t15?,24-/m0/s1. The summed E-state index contributed by atoms with van der Waals surface area (Å²) in [6.45, 7) is 4.01. The minimum Gasteiger partial charge on any atom is -0.309 e. The maximum atomic E-state index is 12.7. The molecule has 28 heavy (non-hydrogen) atoms. The summed E-state index contributed by atoms with van der Waals surface area (Å²) in [6, 6.07) is 16.4. The van der Waals surface area contributed by atoms with Crippen LogP contribution in [0, 0.1) is 22.7 Å². The summed E-state index contributed by atoms with van der Waals surface area (Å²) in [5.74, 6) is -0.123. The van der Waals surface area contributed by atoms with E-state index in [9.17, 15) is 10.1 Å². The van der Waals surface area contributed by atoms with E-state index in [2.05, 4.69) is 36.6 Å². The van der Waals surface area contributed by atoms with Crippen molar-refractivity contribution in [2.45, 2.75) is 38.5 Å². The highest BCUT2D eigenvalue weighted by molar-refractivity contribution is 7.17. The lowest BCUT2D eigenvalue weighted by Crippen LogP contribution is -2.26. The number of fused-ring (bicyclic) bond motifs is 1. The average Bonchev–Trinajstić information content (AvgIpc) is 3.16. The number of carbonyl (C=O) groups excluding carboxylic acids is 1. The van der Waals surface area contributed by atoms with E-state index in [-0.39, 0.29) is 17.1 Å². The number of hydrogen-bond acceptors (Lipinski definition) is 4. The zero-order chi connectivity index (χ0) is 19.9. The van der Waals surface area contributed by atoms with Gasteiger partial charge in [0.05, 0.1) is 17.6 Å². The third-order valence-electron chi connectivity index (χ3n) is 6.07. The Balaban J connectivity index is 1.88. The van der Waals surface area contributed by atoms with Crippen LogP contribution in [0.25, 0.3) is 21.2 Å². The Morgan fingerprint density at radius 1 is 1.25 bits per heavy atom. The molecule has 0 saturated heterocycles. The van der Waals surface area contributed by atoms with Crippen LogP contribution in [0.5, 0.6) is 0 Å². The SMILES string of the molecule is CC1C(=N)CC[C@](C)(c2cc(-c3cccc(C#N)c3)c3sccc3c2)CC1=O. The monoisotopic (exact) mass is 386 g/mol. The summed E-state index contributed by atoms with van der Waals surface area (Å²) < 4.78 is 1.20. The van der Waals surface area contributed by atoms with Crippen molar-refractivity contribution in [2.75, 3.05) is 0 Å². The molecule has 140 valence electrons. The number of nitrogens with one attached hydrogen (secondary N) is 1. The van der Waals surface area contributed by atoms with Gasteiger partial charge in [0, 0.05) is 16.8 Å². The molecule has 4 rings (SSSR count).